The second-order valence-electron chi connectivity index (χ2n) is 10.0. The highest BCUT2D eigenvalue weighted by atomic mass is 16.2. The average Bonchev–Trinajstić information content (AvgIpc) is 3.07. The maximum absolute atomic E-state index is 13.6. The summed E-state index contributed by atoms with van der Waals surface area (Å²) < 4.78 is 1.80. The zero-order chi connectivity index (χ0) is 20.5. The predicted molar refractivity (Wildman–Crippen MR) is 118 cm³/mol. The molecule has 154 valence electrons. The zero-order valence-corrected chi connectivity index (χ0v) is 17.7. The van der Waals surface area contributed by atoms with Gasteiger partial charge in [0.15, 0.2) is 5.82 Å². The number of aromatic nitrogens is 3. The van der Waals surface area contributed by atoms with Crippen LogP contribution in [0.3, 0.4) is 0 Å². The van der Waals surface area contributed by atoms with Crippen molar-refractivity contribution in [1.82, 2.24) is 14.8 Å². The molecule has 1 amide bonds. The summed E-state index contributed by atoms with van der Waals surface area (Å²) in [5.41, 5.74) is 2.80. The lowest BCUT2D eigenvalue weighted by Gasteiger charge is -2.55. The zero-order valence-electron chi connectivity index (χ0n) is 17.7. The van der Waals surface area contributed by atoms with Crippen LogP contribution in [0.15, 0.2) is 36.4 Å². The van der Waals surface area contributed by atoms with Crippen LogP contribution in [-0.2, 0) is 4.79 Å². The van der Waals surface area contributed by atoms with Crippen LogP contribution in [0.5, 0.6) is 0 Å². The van der Waals surface area contributed by atoms with Gasteiger partial charge in [-0.3, -0.25) is 4.79 Å². The van der Waals surface area contributed by atoms with Gasteiger partial charge in [0, 0.05) is 11.5 Å². The van der Waals surface area contributed by atoms with Gasteiger partial charge in [0.05, 0.1) is 16.6 Å². The molecule has 0 atom stereocenters. The van der Waals surface area contributed by atoms with Crippen LogP contribution in [0.25, 0.3) is 16.7 Å². The Morgan fingerprint density at radius 1 is 1.03 bits per heavy atom. The Labute approximate surface area is 176 Å². The fraction of sp³-hybridized carbons (Fsp3) is 0.480. The average molecular weight is 401 g/mol. The maximum atomic E-state index is 13.6. The molecule has 4 fully saturated rings. The quantitative estimate of drug-likeness (QED) is 0.658. The minimum atomic E-state index is -0.176. The normalized spacial score (nSPS) is 29.5. The maximum Gasteiger partial charge on any atom is 0.231 e. The fourth-order valence-corrected chi connectivity index (χ4v) is 6.84. The van der Waals surface area contributed by atoms with Crippen LogP contribution in [0.2, 0.25) is 0 Å². The summed E-state index contributed by atoms with van der Waals surface area (Å²) in [6.45, 7) is 4.06. The monoisotopic (exact) mass is 400 g/mol. The summed E-state index contributed by atoms with van der Waals surface area (Å²) in [6, 6.07) is 12.2. The smallest absolute Gasteiger partial charge is 0.231 e. The van der Waals surface area contributed by atoms with E-state index in [9.17, 15) is 4.79 Å². The van der Waals surface area contributed by atoms with Crippen LogP contribution < -0.4 is 5.32 Å². The highest BCUT2D eigenvalue weighted by molar-refractivity contribution is 5.95. The third-order valence-corrected chi connectivity index (χ3v) is 7.72. The van der Waals surface area contributed by atoms with Crippen molar-refractivity contribution in [1.29, 1.82) is 0 Å². The van der Waals surface area contributed by atoms with E-state index in [1.807, 2.05) is 31.2 Å². The van der Waals surface area contributed by atoms with Crippen LogP contribution >= 0.6 is 0 Å². The number of fused-ring (bicyclic) bond motifs is 1. The van der Waals surface area contributed by atoms with E-state index in [4.69, 9.17) is 4.98 Å². The van der Waals surface area contributed by atoms with E-state index in [1.54, 1.807) is 4.68 Å². The number of hydrogen-bond donors (Lipinski definition) is 1. The van der Waals surface area contributed by atoms with Gasteiger partial charge in [0.25, 0.3) is 0 Å². The van der Waals surface area contributed by atoms with Crippen molar-refractivity contribution >= 4 is 22.6 Å². The number of aryl methyl sites for hydroxylation is 2. The number of para-hydroxylation sites is 1. The summed E-state index contributed by atoms with van der Waals surface area (Å²) in [4.78, 5) is 18.4. The predicted octanol–water partition coefficient (Wildman–Crippen LogP) is 5.19. The molecule has 3 aromatic rings. The summed E-state index contributed by atoms with van der Waals surface area (Å²) in [5, 5.41) is 9.09. The third-order valence-electron chi connectivity index (χ3n) is 7.72. The molecule has 0 unspecified atom stereocenters. The Balaban J connectivity index is 1.35. The lowest BCUT2D eigenvalue weighted by molar-refractivity contribution is -0.140. The largest absolute Gasteiger partial charge is 0.310 e. The topological polar surface area (TPSA) is 59.8 Å². The van der Waals surface area contributed by atoms with Gasteiger partial charge in [-0.2, -0.15) is 9.78 Å². The molecule has 7 rings (SSSR count). The number of hydrogen-bond acceptors (Lipinski definition) is 3. The van der Waals surface area contributed by atoms with E-state index in [1.165, 1.54) is 19.3 Å². The lowest BCUT2D eigenvalue weighted by atomic mass is 9.49. The lowest BCUT2D eigenvalue weighted by Crippen LogP contribution is -2.51. The molecule has 0 radical (unpaired) electrons. The van der Waals surface area contributed by atoms with Crippen LogP contribution in [0.1, 0.15) is 49.8 Å². The second kappa shape index (κ2) is 6.40. The van der Waals surface area contributed by atoms with Crippen molar-refractivity contribution in [3.8, 4) is 5.82 Å². The van der Waals surface area contributed by atoms with Crippen molar-refractivity contribution in [3.63, 3.8) is 0 Å². The fourth-order valence-electron chi connectivity index (χ4n) is 6.84. The molecular formula is C25H28N4O. The molecule has 1 aromatic carbocycles. The molecule has 0 spiro atoms. The number of rotatable bonds is 3. The molecule has 1 N–H and O–H groups in total. The number of carbonyl (C=O) groups excluding carboxylic acids is 1. The number of nitrogens with one attached hydrogen (secondary N) is 1. The summed E-state index contributed by atoms with van der Waals surface area (Å²) in [5.74, 6) is 3.92. The molecule has 4 bridgehead atoms. The molecule has 2 aromatic heterocycles. The van der Waals surface area contributed by atoms with Gasteiger partial charge in [-0.15, -0.1) is 0 Å². The Kier molecular flexibility index (Phi) is 3.86. The van der Waals surface area contributed by atoms with Crippen LogP contribution in [0.4, 0.5) is 5.82 Å². The van der Waals surface area contributed by atoms with Gasteiger partial charge in [-0.25, -0.2) is 4.98 Å². The van der Waals surface area contributed by atoms with E-state index in [2.05, 4.69) is 29.5 Å². The van der Waals surface area contributed by atoms with E-state index in [-0.39, 0.29) is 11.3 Å². The molecule has 30 heavy (non-hydrogen) atoms. The Morgan fingerprint density at radius 2 is 1.70 bits per heavy atom. The standard InChI is InChI=1S/C25H28N4O/c1-15-7-22(26-21-6-4-3-5-20(15)21)29-23(8-16(2)28-29)27-24(30)25-12-17-9-18(13-25)11-19(10-17)14-25/h3-8,17-19H,9-14H2,1-2H3,(H,27,30). The Bertz CT molecular complexity index is 1130. The van der Waals surface area contributed by atoms with Crippen molar-refractivity contribution in [2.24, 2.45) is 23.2 Å². The van der Waals surface area contributed by atoms with Crippen molar-refractivity contribution < 1.29 is 4.79 Å². The summed E-state index contributed by atoms with van der Waals surface area (Å²) in [7, 11) is 0. The molecule has 2 heterocycles. The number of pyridine rings is 1. The Morgan fingerprint density at radius 3 is 2.40 bits per heavy atom. The number of benzene rings is 1. The van der Waals surface area contributed by atoms with Gasteiger partial charge in [0.1, 0.15) is 5.82 Å². The molecule has 5 nitrogen and oxygen atoms in total. The molecular weight excluding hydrogens is 372 g/mol. The minimum absolute atomic E-state index is 0.176. The van der Waals surface area contributed by atoms with Gasteiger partial charge in [0.2, 0.25) is 5.91 Å². The first-order chi connectivity index (χ1) is 14.5. The summed E-state index contributed by atoms with van der Waals surface area (Å²) >= 11 is 0. The molecule has 0 saturated heterocycles. The van der Waals surface area contributed by atoms with Gasteiger partial charge < -0.3 is 5.32 Å². The van der Waals surface area contributed by atoms with E-state index in [0.717, 1.165) is 70.8 Å². The van der Waals surface area contributed by atoms with Gasteiger partial charge in [-0.1, -0.05) is 18.2 Å². The number of anilines is 1. The van der Waals surface area contributed by atoms with E-state index in [0.29, 0.717) is 0 Å². The van der Waals surface area contributed by atoms with Crippen LogP contribution in [-0.4, -0.2) is 20.7 Å². The van der Waals surface area contributed by atoms with E-state index < -0.39 is 0 Å². The SMILES string of the molecule is Cc1cc(NC(=O)C23CC4CC(CC(C4)C2)C3)n(-c2cc(C)c3ccccc3n2)n1. The molecule has 5 heteroatoms. The highest BCUT2D eigenvalue weighted by Gasteiger charge is 2.54. The third kappa shape index (κ3) is 2.78. The molecule has 4 aliphatic rings. The number of carbonyl (C=O) groups is 1. The minimum Gasteiger partial charge on any atom is -0.310 e. The Hall–Kier alpha value is -2.69. The first kappa shape index (κ1) is 18.1. The van der Waals surface area contributed by atoms with Gasteiger partial charge in [-0.05, 0) is 87.8 Å². The summed E-state index contributed by atoms with van der Waals surface area (Å²) in [6.07, 6.45) is 7.19. The first-order valence-electron chi connectivity index (χ1n) is 11.2. The number of amides is 1. The van der Waals surface area contributed by atoms with Gasteiger partial charge >= 0.3 is 0 Å². The second-order valence-corrected chi connectivity index (χ2v) is 10.0. The van der Waals surface area contributed by atoms with E-state index >= 15 is 0 Å². The van der Waals surface area contributed by atoms with Crippen molar-refractivity contribution in [3.05, 3.63) is 47.7 Å². The molecule has 4 aliphatic carbocycles. The molecule has 0 aliphatic heterocycles. The highest BCUT2D eigenvalue weighted by Crippen LogP contribution is 2.60. The van der Waals surface area contributed by atoms with Crippen molar-refractivity contribution in [2.45, 2.75) is 52.4 Å². The van der Waals surface area contributed by atoms with Crippen LogP contribution in [0, 0.1) is 37.0 Å². The van der Waals surface area contributed by atoms with Crippen molar-refractivity contribution in [2.75, 3.05) is 5.32 Å². The first-order valence-corrected chi connectivity index (χ1v) is 11.2. The molecule has 4 saturated carbocycles. The number of nitrogens with zero attached hydrogens (tertiary/aromatic N) is 3.